The molecule has 1 heterocycles. The summed E-state index contributed by atoms with van der Waals surface area (Å²) in [5.41, 5.74) is 2.56. The van der Waals surface area contributed by atoms with Gasteiger partial charge in [0.05, 0.1) is 0 Å². The highest BCUT2D eigenvalue weighted by molar-refractivity contribution is 5.10. The predicted octanol–water partition coefficient (Wildman–Crippen LogP) is 1.33. The second kappa shape index (κ2) is 7.14. The maximum absolute atomic E-state index is 4.03. The number of hydrogen-bond acceptors (Lipinski definition) is 3. The Kier molecular flexibility index (Phi) is 5.75. The zero-order valence-electron chi connectivity index (χ0n) is 10.2. The molecule has 1 aromatic rings. The summed E-state index contributed by atoms with van der Waals surface area (Å²) in [7, 11) is 4.07. The van der Waals surface area contributed by atoms with Crippen LogP contribution in [0.25, 0.3) is 0 Å². The molecule has 0 aromatic carbocycles. The number of aromatic nitrogens is 1. The summed E-state index contributed by atoms with van der Waals surface area (Å²) < 4.78 is 0. The number of rotatable bonds is 7. The molecule has 1 rings (SSSR count). The Morgan fingerprint density at radius 3 is 2.75 bits per heavy atom. The first kappa shape index (κ1) is 12.9. The fraction of sp³-hybridized carbons (Fsp3) is 0.462. The van der Waals surface area contributed by atoms with Crippen molar-refractivity contribution in [1.82, 2.24) is 15.2 Å². The van der Waals surface area contributed by atoms with Crippen molar-refractivity contribution in [1.29, 1.82) is 0 Å². The van der Waals surface area contributed by atoms with Crippen molar-refractivity contribution in [2.75, 3.05) is 33.7 Å². The Morgan fingerprint density at radius 2 is 2.12 bits per heavy atom. The maximum atomic E-state index is 4.03. The highest BCUT2D eigenvalue weighted by Crippen LogP contribution is 2.00. The van der Waals surface area contributed by atoms with Crippen molar-refractivity contribution in [2.45, 2.75) is 6.42 Å². The summed E-state index contributed by atoms with van der Waals surface area (Å²) in [6.45, 7) is 6.91. The smallest absolute Gasteiger partial charge is 0.0270 e. The van der Waals surface area contributed by atoms with Gasteiger partial charge in [0, 0.05) is 32.0 Å². The minimum atomic E-state index is 0.888. The van der Waals surface area contributed by atoms with Crippen molar-refractivity contribution in [3.63, 3.8) is 0 Å². The predicted molar refractivity (Wildman–Crippen MR) is 68.5 cm³/mol. The normalized spacial score (nSPS) is 10.7. The maximum Gasteiger partial charge on any atom is 0.0270 e. The quantitative estimate of drug-likeness (QED) is 0.701. The van der Waals surface area contributed by atoms with Crippen molar-refractivity contribution < 1.29 is 0 Å². The van der Waals surface area contributed by atoms with Crippen molar-refractivity contribution >= 4 is 0 Å². The zero-order valence-corrected chi connectivity index (χ0v) is 10.2. The summed E-state index contributed by atoms with van der Waals surface area (Å²) >= 11 is 0. The molecule has 0 radical (unpaired) electrons. The molecule has 88 valence electrons. The molecular weight excluding hydrogens is 198 g/mol. The van der Waals surface area contributed by atoms with Crippen LogP contribution in [0.3, 0.4) is 0 Å². The van der Waals surface area contributed by atoms with E-state index in [1.54, 1.807) is 0 Å². The monoisotopic (exact) mass is 219 g/mol. The summed E-state index contributed by atoms with van der Waals surface area (Å²) in [6, 6.07) is 4.13. The fourth-order valence-electron chi connectivity index (χ4n) is 1.64. The van der Waals surface area contributed by atoms with E-state index < -0.39 is 0 Å². The van der Waals surface area contributed by atoms with Gasteiger partial charge in [-0.3, -0.25) is 4.98 Å². The van der Waals surface area contributed by atoms with Gasteiger partial charge in [0.25, 0.3) is 0 Å². The molecule has 0 amide bonds. The van der Waals surface area contributed by atoms with Crippen molar-refractivity contribution in [3.05, 3.63) is 42.2 Å². The molecule has 0 atom stereocenters. The summed E-state index contributed by atoms with van der Waals surface area (Å²) in [5, 5.41) is 3.11. The van der Waals surface area contributed by atoms with E-state index in [0.29, 0.717) is 0 Å². The molecular formula is C13H21N3. The van der Waals surface area contributed by atoms with Gasteiger partial charge < -0.3 is 10.2 Å². The SMILES string of the molecule is C=C(CNC)CN(C)CCc1ccncc1. The molecule has 0 aliphatic carbocycles. The second-order valence-corrected chi connectivity index (χ2v) is 4.12. The van der Waals surface area contributed by atoms with Crippen LogP contribution in [0.5, 0.6) is 0 Å². The van der Waals surface area contributed by atoms with Crippen molar-refractivity contribution in [3.8, 4) is 0 Å². The molecule has 0 aliphatic rings. The van der Waals surface area contributed by atoms with E-state index in [2.05, 4.69) is 41.0 Å². The highest BCUT2D eigenvalue weighted by Gasteiger charge is 2.01. The number of likely N-dealkylation sites (N-methyl/N-ethyl adjacent to an activating group) is 2. The van der Waals surface area contributed by atoms with E-state index in [0.717, 1.165) is 26.1 Å². The number of nitrogens with zero attached hydrogens (tertiary/aromatic N) is 2. The Balaban J connectivity index is 2.25. The lowest BCUT2D eigenvalue weighted by Crippen LogP contribution is -2.26. The van der Waals surface area contributed by atoms with Crippen LogP contribution in [0, 0.1) is 0 Å². The van der Waals surface area contributed by atoms with E-state index in [1.165, 1.54) is 11.1 Å². The molecule has 0 saturated heterocycles. The van der Waals surface area contributed by atoms with Gasteiger partial charge in [-0.05, 0) is 43.8 Å². The Labute approximate surface area is 98.2 Å². The summed E-state index contributed by atoms with van der Waals surface area (Å²) in [6.07, 6.45) is 4.75. The molecule has 3 heteroatoms. The average Bonchev–Trinajstić information content (AvgIpc) is 2.28. The van der Waals surface area contributed by atoms with Gasteiger partial charge in [-0.1, -0.05) is 6.58 Å². The standard InChI is InChI=1S/C13H21N3/c1-12(10-14-2)11-16(3)9-6-13-4-7-15-8-5-13/h4-5,7-8,14H,1,6,9-11H2,2-3H3. The molecule has 1 N–H and O–H groups in total. The third-order valence-corrected chi connectivity index (χ3v) is 2.45. The highest BCUT2D eigenvalue weighted by atomic mass is 15.1. The molecule has 0 spiro atoms. The van der Waals surface area contributed by atoms with Crippen LogP contribution in [-0.4, -0.2) is 43.6 Å². The van der Waals surface area contributed by atoms with E-state index in [1.807, 2.05) is 19.4 Å². The minimum absolute atomic E-state index is 0.888. The van der Waals surface area contributed by atoms with Gasteiger partial charge in [-0.15, -0.1) is 0 Å². The number of pyridine rings is 1. The molecule has 0 aliphatic heterocycles. The van der Waals surface area contributed by atoms with E-state index >= 15 is 0 Å². The van der Waals surface area contributed by atoms with Crippen LogP contribution >= 0.6 is 0 Å². The molecule has 0 bridgehead atoms. The van der Waals surface area contributed by atoms with Gasteiger partial charge in [-0.2, -0.15) is 0 Å². The Hall–Kier alpha value is -1.19. The molecule has 0 fully saturated rings. The van der Waals surface area contributed by atoms with Gasteiger partial charge >= 0.3 is 0 Å². The van der Waals surface area contributed by atoms with Gasteiger partial charge in [-0.25, -0.2) is 0 Å². The first-order chi connectivity index (χ1) is 7.72. The van der Waals surface area contributed by atoms with Crippen LogP contribution in [0.4, 0.5) is 0 Å². The molecule has 0 saturated carbocycles. The largest absolute Gasteiger partial charge is 0.316 e. The van der Waals surface area contributed by atoms with E-state index in [-0.39, 0.29) is 0 Å². The van der Waals surface area contributed by atoms with E-state index in [9.17, 15) is 0 Å². The first-order valence-electron chi connectivity index (χ1n) is 5.61. The molecule has 3 nitrogen and oxygen atoms in total. The minimum Gasteiger partial charge on any atom is -0.316 e. The van der Waals surface area contributed by atoms with Gasteiger partial charge in [0.2, 0.25) is 0 Å². The number of nitrogens with one attached hydrogen (secondary N) is 1. The average molecular weight is 219 g/mol. The van der Waals surface area contributed by atoms with Crippen LogP contribution in [0.15, 0.2) is 36.7 Å². The Bertz CT molecular complexity index is 308. The van der Waals surface area contributed by atoms with E-state index in [4.69, 9.17) is 0 Å². The molecule has 16 heavy (non-hydrogen) atoms. The fourth-order valence-corrected chi connectivity index (χ4v) is 1.64. The summed E-state index contributed by atoms with van der Waals surface area (Å²) in [4.78, 5) is 6.30. The lowest BCUT2D eigenvalue weighted by Gasteiger charge is -2.17. The van der Waals surface area contributed by atoms with Crippen LogP contribution in [0.2, 0.25) is 0 Å². The van der Waals surface area contributed by atoms with Crippen LogP contribution < -0.4 is 5.32 Å². The van der Waals surface area contributed by atoms with Gasteiger partial charge in [0.15, 0.2) is 0 Å². The molecule has 1 aromatic heterocycles. The zero-order chi connectivity index (χ0) is 11.8. The lowest BCUT2D eigenvalue weighted by atomic mass is 10.2. The molecule has 0 unspecified atom stereocenters. The van der Waals surface area contributed by atoms with Crippen LogP contribution in [0.1, 0.15) is 5.56 Å². The lowest BCUT2D eigenvalue weighted by molar-refractivity contribution is 0.364. The third-order valence-electron chi connectivity index (χ3n) is 2.45. The Morgan fingerprint density at radius 1 is 1.44 bits per heavy atom. The van der Waals surface area contributed by atoms with Crippen LogP contribution in [-0.2, 0) is 6.42 Å². The number of hydrogen-bond donors (Lipinski definition) is 1. The third kappa shape index (κ3) is 5.05. The van der Waals surface area contributed by atoms with Gasteiger partial charge in [0.1, 0.15) is 0 Å². The summed E-state index contributed by atoms with van der Waals surface area (Å²) in [5.74, 6) is 0. The second-order valence-electron chi connectivity index (χ2n) is 4.12. The van der Waals surface area contributed by atoms with Crippen molar-refractivity contribution in [2.24, 2.45) is 0 Å². The first-order valence-corrected chi connectivity index (χ1v) is 5.61. The topological polar surface area (TPSA) is 28.2 Å².